The molecule has 1 fully saturated rings. The molecule has 4 N–H and O–H groups in total. The normalized spacial score (nSPS) is 14.5. The average molecular weight is 533 g/mol. The fraction of sp³-hybridized carbons (Fsp3) is 0.233. The summed E-state index contributed by atoms with van der Waals surface area (Å²) in [7, 11) is 0. The summed E-state index contributed by atoms with van der Waals surface area (Å²) in [6.45, 7) is 3.67. The second-order valence-electron chi connectivity index (χ2n) is 9.78. The average Bonchev–Trinajstić information content (AvgIpc) is 3.32. The summed E-state index contributed by atoms with van der Waals surface area (Å²) < 4.78 is 3.00. The Bertz CT molecular complexity index is 1840. The van der Waals surface area contributed by atoms with E-state index in [1.54, 1.807) is 36.0 Å². The first kappa shape index (κ1) is 25.3. The molecule has 10 nitrogen and oxygen atoms in total. The van der Waals surface area contributed by atoms with Crippen molar-refractivity contribution in [3.8, 4) is 17.5 Å². The number of carbonyl (C=O) groups excluding carboxylic acids is 1. The SMILES string of the molecule is CC(NC(=O)c1c(N)nn2cccnc12)c1nc2cccc(C#CC3CCNCC3)c2c(=O)n1-c1ccccc1. The zero-order valence-electron chi connectivity index (χ0n) is 22.0. The minimum Gasteiger partial charge on any atom is -0.381 e. The van der Waals surface area contributed by atoms with Crippen molar-refractivity contribution in [3.63, 3.8) is 0 Å². The van der Waals surface area contributed by atoms with Gasteiger partial charge in [0.05, 0.1) is 22.6 Å². The Morgan fingerprint density at radius 1 is 1.12 bits per heavy atom. The number of nitrogens with two attached hydrogens (primary N) is 1. The molecule has 0 aliphatic carbocycles. The van der Waals surface area contributed by atoms with Crippen LogP contribution in [0.25, 0.3) is 22.2 Å². The van der Waals surface area contributed by atoms with Crippen LogP contribution in [-0.4, -0.2) is 43.1 Å². The number of carbonyl (C=O) groups is 1. The molecule has 40 heavy (non-hydrogen) atoms. The van der Waals surface area contributed by atoms with Gasteiger partial charge in [-0.25, -0.2) is 14.5 Å². The molecule has 1 aliphatic heterocycles. The molecule has 1 unspecified atom stereocenters. The van der Waals surface area contributed by atoms with Crippen LogP contribution in [0.2, 0.25) is 0 Å². The van der Waals surface area contributed by atoms with E-state index in [2.05, 4.69) is 32.6 Å². The van der Waals surface area contributed by atoms with Gasteiger partial charge in [-0.1, -0.05) is 36.1 Å². The molecule has 1 saturated heterocycles. The highest BCUT2D eigenvalue weighted by Gasteiger charge is 2.25. The predicted octanol–water partition coefficient (Wildman–Crippen LogP) is 2.85. The maximum atomic E-state index is 14.2. The van der Waals surface area contributed by atoms with Crippen molar-refractivity contribution in [3.05, 3.63) is 94.3 Å². The Balaban J connectivity index is 1.45. The van der Waals surface area contributed by atoms with Crippen LogP contribution >= 0.6 is 0 Å². The lowest BCUT2D eigenvalue weighted by Gasteiger charge is -2.20. The van der Waals surface area contributed by atoms with Crippen LogP contribution in [0.1, 0.15) is 47.6 Å². The van der Waals surface area contributed by atoms with Crippen molar-refractivity contribution in [2.24, 2.45) is 5.92 Å². The van der Waals surface area contributed by atoms with Crippen LogP contribution < -0.4 is 21.9 Å². The molecule has 0 bridgehead atoms. The lowest BCUT2D eigenvalue weighted by Crippen LogP contribution is -2.33. The van der Waals surface area contributed by atoms with E-state index < -0.39 is 11.9 Å². The molecular formula is C30H28N8O2. The van der Waals surface area contributed by atoms with Crippen LogP contribution in [0.4, 0.5) is 5.82 Å². The number of aromatic nitrogens is 5. The predicted molar refractivity (Wildman–Crippen MR) is 153 cm³/mol. The Hall–Kier alpha value is -5.01. The highest BCUT2D eigenvalue weighted by molar-refractivity contribution is 6.04. The third-order valence-electron chi connectivity index (χ3n) is 7.07. The van der Waals surface area contributed by atoms with Crippen LogP contribution in [0, 0.1) is 17.8 Å². The second-order valence-corrected chi connectivity index (χ2v) is 9.78. The number of nitrogens with zero attached hydrogens (tertiary/aromatic N) is 5. The monoisotopic (exact) mass is 532 g/mol. The van der Waals surface area contributed by atoms with E-state index in [9.17, 15) is 9.59 Å². The number of anilines is 1. The number of amides is 1. The minimum atomic E-state index is -0.660. The Kier molecular flexibility index (Phi) is 6.72. The lowest BCUT2D eigenvalue weighted by atomic mass is 9.98. The molecule has 0 saturated carbocycles. The van der Waals surface area contributed by atoms with E-state index in [1.165, 1.54) is 4.52 Å². The molecule has 0 spiro atoms. The number of hydrogen-bond donors (Lipinski definition) is 3. The van der Waals surface area contributed by atoms with Crippen LogP contribution in [-0.2, 0) is 0 Å². The zero-order valence-corrected chi connectivity index (χ0v) is 22.0. The quantitative estimate of drug-likeness (QED) is 0.303. The van der Waals surface area contributed by atoms with Crippen LogP contribution in [0.15, 0.2) is 71.8 Å². The topological polar surface area (TPSA) is 132 Å². The first-order valence-corrected chi connectivity index (χ1v) is 13.2. The van der Waals surface area contributed by atoms with Crippen LogP contribution in [0.3, 0.4) is 0 Å². The van der Waals surface area contributed by atoms with Gasteiger partial charge in [0.1, 0.15) is 11.4 Å². The van der Waals surface area contributed by atoms with Gasteiger partial charge in [0.15, 0.2) is 11.5 Å². The first-order chi connectivity index (χ1) is 19.5. The van der Waals surface area contributed by atoms with Crippen molar-refractivity contribution in [2.45, 2.75) is 25.8 Å². The smallest absolute Gasteiger partial charge is 0.267 e. The summed E-state index contributed by atoms with van der Waals surface area (Å²) in [5.74, 6) is 6.90. The summed E-state index contributed by atoms with van der Waals surface area (Å²) in [4.78, 5) is 36.7. The Labute approximate surface area is 230 Å². The summed E-state index contributed by atoms with van der Waals surface area (Å²) in [5, 5.41) is 10.9. The van der Waals surface area contributed by atoms with E-state index >= 15 is 0 Å². The van der Waals surface area contributed by atoms with Gasteiger partial charge < -0.3 is 16.4 Å². The minimum absolute atomic E-state index is 0.0623. The third kappa shape index (κ3) is 4.67. The molecule has 1 atom stereocenters. The van der Waals surface area contributed by atoms with E-state index in [4.69, 9.17) is 10.7 Å². The molecule has 2 aromatic carbocycles. The van der Waals surface area contributed by atoms with Crippen LogP contribution in [0.5, 0.6) is 0 Å². The van der Waals surface area contributed by atoms with Gasteiger partial charge in [0, 0.05) is 23.9 Å². The number of fused-ring (bicyclic) bond motifs is 2. The molecule has 200 valence electrons. The Morgan fingerprint density at radius 3 is 2.73 bits per heavy atom. The fourth-order valence-electron chi connectivity index (χ4n) is 5.07. The van der Waals surface area contributed by atoms with Crippen molar-refractivity contribution in [2.75, 3.05) is 18.8 Å². The number of piperidine rings is 1. The summed E-state index contributed by atoms with van der Waals surface area (Å²) in [5.41, 5.74) is 8.12. The van der Waals surface area contributed by atoms with Crippen molar-refractivity contribution in [1.29, 1.82) is 0 Å². The number of hydrogen-bond acceptors (Lipinski definition) is 7. The summed E-state index contributed by atoms with van der Waals surface area (Å²) in [6.07, 6.45) is 5.21. The molecule has 1 aliphatic rings. The molecule has 1 amide bonds. The van der Waals surface area contributed by atoms with E-state index in [0.717, 1.165) is 25.9 Å². The Morgan fingerprint density at radius 2 is 1.93 bits per heavy atom. The van der Waals surface area contributed by atoms with Gasteiger partial charge in [-0.05, 0) is 63.2 Å². The maximum Gasteiger partial charge on any atom is 0.267 e. The van der Waals surface area contributed by atoms with Gasteiger partial charge in [0.2, 0.25) is 0 Å². The van der Waals surface area contributed by atoms with Gasteiger partial charge in [-0.3, -0.25) is 14.2 Å². The molecule has 4 heterocycles. The molecule has 6 rings (SSSR count). The van der Waals surface area contributed by atoms with E-state index in [0.29, 0.717) is 33.6 Å². The third-order valence-corrected chi connectivity index (χ3v) is 7.07. The molecule has 0 radical (unpaired) electrons. The highest BCUT2D eigenvalue weighted by atomic mass is 16.2. The fourth-order valence-corrected chi connectivity index (χ4v) is 5.07. The number of para-hydroxylation sites is 1. The van der Waals surface area contributed by atoms with Crippen molar-refractivity contribution >= 4 is 28.3 Å². The van der Waals surface area contributed by atoms with Gasteiger partial charge >= 0.3 is 0 Å². The summed E-state index contributed by atoms with van der Waals surface area (Å²) >= 11 is 0. The lowest BCUT2D eigenvalue weighted by molar-refractivity contribution is 0.0940. The number of nitrogen functional groups attached to an aromatic ring is 1. The number of nitrogens with one attached hydrogen (secondary N) is 2. The number of benzene rings is 2. The molecule has 10 heteroatoms. The van der Waals surface area contributed by atoms with Gasteiger partial charge in [0.25, 0.3) is 11.5 Å². The zero-order chi connectivity index (χ0) is 27.6. The first-order valence-electron chi connectivity index (χ1n) is 13.2. The number of rotatable bonds is 4. The highest BCUT2D eigenvalue weighted by Crippen LogP contribution is 2.22. The van der Waals surface area contributed by atoms with E-state index in [1.807, 2.05) is 42.5 Å². The standard InChI is InChI=1S/C30H28N8O2/c1-19(34-29(39)25-26(31)36-37-18-6-15-33-28(25)37)27-35-23-10-5-7-21(12-11-20-13-16-32-17-14-20)24(23)30(40)38(27)22-8-3-2-4-9-22/h2-10,15,18-20,32H,13-14,16-17H2,1H3,(H2,31,36)(H,34,39). The second kappa shape index (κ2) is 10.6. The van der Waals surface area contributed by atoms with Crippen molar-refractivity contribution < 1.29 is 4.79 Å². The van der Waals surface area contributed by atoms with E-state index in [-0.39, 0.29) is 22.9 Å². The molecule has 5 aromatic rings. The van der Waals surface area contributed by atoms with Crippen molar-refractivity contribution in [1.82, 2.24) is 34.8 Å². The summed E-state index contributed by atoms with van der Waals surface area (Å²) in [6, 6.07) is 15.8. The van der Waals surface area contributed by atoms with Gasteiger partial charge in [-0.15, -0.1) is 5.10 Å². The maximum absolute atomic E-state index is 14.2. The molecule has 3 aromatic heterocycles. The van der Waals surface area contributed by atoms with Gasteiger partial charge in [-0.2, -0.15) is 0 Å². The molecular weight excluding hydrogens is 504 g/mol. The largest absolute Gasteiger partial charge is 0.381 e.